The quantitative estimate of drug-likeness (QED) is 0.318. The highest BCUT2D eigenvalue weighted by Crippen LogP contribution is 2.36. The molecule has 10 heteroatoms. The molecule has 0 radical (unpaired) electrons. The number of hydrogen-bond acceptors (Lipinski definition) is 7. The van der Waals surface area contributed by atoms with E-state index in [4.69, 9.17) is 14.7 Å². The highest BCUT2D eigenvalue weighted by Gasteiger charge is 2.31. The predicted molar refractivity (Wildman–Crippen MR) is 153 cm³/mol. The normalized spacial score (nSPS) is 16.1. The topological polar surface area (TPSA) is 80.6 Å². The lowest BCUT2D eigenvalue weighted by Gasteiger charge is -2.29. The van der Waals surface area contributed by atoms with E-state index in [0.717, 1.165) is 46.9 Å². The Hall–Kier alpha value is -4.02. The van der Waals surface area contributed by atoms with Crippen LogP contribution in [0.5, 0.6) is 0 Å². The summed E-state index contributed by atoms with van der Waals surface area (Å²) in [6.07, 6.45) is 0.477. The van der Waals surface area contributed by atoms with Gasteiger partial charge in [-0.3, -0.25) is 0 Å². The lowest BCUT2D eigenvalue weighted by molar-refractivity contribution is 0.122. The Morgan fingerprint density at radius 2 is 1.50 bits per heavy atom. The number of benzene rings is 2. The number of ether oxygens (including phenoxy) is 1. The maximum atomic E-state index is 14.4. The molecule has 204 valence electrons. The molecule has 0 bridgehead atoms. The number of pyridine rings is 2. The van der Waals surface area contributed by atoms with E-state index in [-0.39, 0.29) is 4.90 Å². The fraction of sp³-hybridized carbons (Fsp3) is 0.267. The minimum absolute atomic E-state index is 0.213. The fourth-order valence-corrected chi connectivity index (χ4v) is 7.31. The van der Waals surface area contributed by atoms with Crippen LogP contribution in [0.2, 0.25) is 0 Å². The van der Waals surface area contributed by atoms with Crippen molar-refractivity contribution in [3.8, 4) is 0 Å². The summed E-state index contributed by atoms with van der Waals surface area (Å²) in [5.74, 6) is 1.29. The van der Waals surface area contributed by atoms with Gasteiger partial charge in [0.25, 0.3) is 10.0 Å². The molecule has 8 nitrogen and oxygen atoms in total. The van der Waals surface area contributed by atoms with Gasteiger partial charge in [-0.25, -0.2) is 26.7 Å². The lowest BCUT2D eigenvalue weighted by atomic mass is 10.0. The molecule has 0 unspecified atom stereocenters. The van der Waals surface area contributed by atoms with Gasteiger partial charge in [-0.15, -0.1) is 0 Å². The van der Waals surface area contributed by atoms with Crippen LogP contribution in [-0.2, 0) is 27.7 Å². The number of aryl methyl sites for hydroxylation is 1. The molecule has 0 amide bonds. The summed E-state index contributed by atoms with van der Waals surface area (Å²) in [6, 6.07) is 19.0. The summed E-state index contributed by atoms with van der Waals surface area (Å²) in [7, 11) is -3.88. The van der Waals surface area contributed by atoms with E-state index in [1.807, 2.05) is 31.2 Å². The number of halogens is 1. The van der Waals surface area contributed by atoms with Crippen LogP contribution in [0.1, 0.15) is 16.8 Å². The molecule has 0 aliphatic carbocycles. The van der Waals surface area contributed by atoms with Gasteiger partial charge < -0.3 is 14.5 Å². The SMILES string of the molecule is Cc1ccc(S(=O)(=O)n2c3c(c4cc(F)ccc42)CN(c2ccc4nc(N5CCOCC5)ccc4n2)CC3)cc1. The Morgan fingerprint density at radius 3 is 2.20 bits per heavy atom. The second-order valence-electron chi connectivity index (χ2n) is 10.3. The Balaban J connectivity index is 1.26. The van der Waals surface area contributed by atoms with Gasteiger partial charge >= 0.3 is 0 Å². The molecule has 2 aliphatic heterocycles. The molecule has 0 N–H and O–H groups in total. The summed E-state index contributed by atoms with van der Waals surface area (Å²) in [4.78, 5) is 14.2. The summed E-state index contributed by atoms with van der Waals surface area (Å²) in [5.41, 5.74) is 4.56. The highest BCUT2D eigenvalue weighted by atomic mass is 32.2. The average Bonchev–Trinajstić information content (AvgIpc) is 3.31. The van der Waals surface area contributed by atoms with E-state index >= 15 is 0 Å². The molecule has 1 fully saturated rings. The number of rotatable bonds is 4. The number of morpholine rings is 1. The first-order chi connectivity index (χ1) is 19.4. The van der Waals surface area contributed by atoms with Crippen LogP contribution in [-0.4, -0.2) is 55.2 Å². The third-order valence-electron chi connectivity index (χ3n) is 7.79. The monoisotopic (exact) mass is 557 g/mol. The van der Waals surface area contributed by atoms with Gasteiger partial charge in [0.1, 0.15) is 17.5 Å². The number of hydrogen-bond donors (Lipinski definition) is 0. The largest absolute Gasteiger partial charge is 0.378 e. The Morgan fingerprint density at radius 1 is 0.825 bits per heavy atom. The Labute approximate surface area is 231 Å². The van der Waals surface area contributed by atoms with Crippen molar-refractivity contribution in [2.75, 3.05) is 42.6 Å². The summed E-state index contributed by atoms with van der Waals surface area (Å²) < 4.78 is 49.0. The molecule has 2 aromatic carbocycles. The first kappa shape index (κ1) is 25.0. The van der Waals surface area contributed by atoms with Crippen LogP contribution in [0.3, 0.4) is 0 Å². The van der Waals surface area contributed by atoms with E-state index in [1.165, 1.54) is 16.1 Å². The molecule has 5 heterocycles. The van der Waals surface area contributed by atoms with Gasteiger partial charge in [0, 0.05) is 49.2 Å². The number of anilines is 2. The van der Waals surface area contributed by atoms with E-state index in [9.17, 15) is 12.8 Å². The van der Waals surface area contributed by atoms with Gasteiger partial charge in [-0.1, -0.05) is 17.7 Å². The zero-order chi connectivity index (χ0) is 27.4. The number of nitrogens with zero attached hydrogens (tertiary/aromatic N) is 5. The van der Waals surface area contributed by atoms with E-state index in [0.29, 0.717) is 49.3 Å². The minimum Gasteiger partial charge on any atom is -0.378 e. The van der Waals surface area contributed by atoms with Crippen molar-refractivity contribution in [3.63, 3.8) is 0 Å². The zero-order valence-corrected chi connectivity index (χ0v) is 22.9. The Kier molecular flexibility index (Phi) is 5.97. The molecule has 40 heavy (non-hydrogen) atoms. The van der Waals surface area contributed by atoms with Crippen LogP contribution in [0, 0.1) is 12.7 Å². The molecule has 3 aromatic heterocycles. The molecule has 0 atom stereocenters. The molecule has 0 saturated carbocycles. The summed E-state index contributed by atoms with van der Waals surface area (Å²) >= 11 is 0. The lowest BCUT2D eigenvalue weighted by Crippen LogP contribution is -2.36. The minimum atomic E-state index is -3.88. The van der Waals surface area contributed by atoms with Crippen molar-refractivity contribution in [1.29, 1.82) is 0 Å². The average molecular weight is 558 g/mol. The van der Waals surface area contributed by atoms with Gasteiger partial charge in [-0.2, -0.15) is 0 Å². The van der Waals surface area contributed by atoms with Crippen LogP contribution >= 0.6 is 0 Å². The third kappa shape index (κ3) is 4.18. The maximum absolute atomic E-state index is 14.4. The first-order valence-electron chi connectivity index (χ1n) is 13.4. The van der Waals surface area contributed by atoms with E-state index in [1.54, 1.807) is 30.3 Å². The van der Waals surface area contributed by atoms with Crippen LogP contribution < -0.4 is 9.80 Å². The van der Waals surface area contributed by atoms with Crippen molar-refractivity contribution in [2.24, 2.45) is 0 Å². The van der Waals surface area contributed by atoms with Crippen molar-refractivity contribution < 1.29 is 17.5 Å². The van der Waals surface area contributed by atoms with Gasteiger partial charge in [0.15, 0.2) is 0 Å². The molecule has 0 spiro atoms. The standard InChI is InChI=1S/C30H28FN5O3S/c1-20-2-5-22(6-3-20)40(37,38)36-27-9-4-21(31)18-23(27)24-19-35(13-12-28(24)36)30-11-8-25-26(33-30)7-10-29(32-25)34-14-16-39-17-15-34/h2-11,18H,12-17,19H2,1H3. The van der Waals surface area contributed by atoms with Crippen LogP contribution in [0.15, 0.2) is 71.6 Å². The highest BCUT2D eigenvalue weighted by molar-refractivity contribution is 7.90. The van der Waals surface area contributed by atoms with Crippen LogP contribution in [0.4, 0.5) is 16.0 Å². The summed E-state index contributed by atoms with van der Waals surface area (Å²) in [6.45, 7) is 5.93. The van der Waals surface area contributed by atoms with Gasteiger partial charge in [-0.05, 0) is 61.5 Å². The summed E-state index contributed by atoms with van der Waals surface area (Å²) in [5, 5.41) is 0.605. The van der Waals surface area contributed by atoms with Crippen molar-refractivity contribution in [3.05, 3.63) is 89.4 Å². The Bertz CT molecular complexity index is 1860. The van der Waals surface area contributed by atoms with Crippen molar-refractivity contribution in [2.45, 2.75) is 24.8 Å². The van der Waals surface area contributed by atoms with Crippen molar-refractivity contribution in [1.82, 2.24) is 13.9 Å². The molecule has 5 aromatic rings. The predicted octanol–water partition coefficient (Wildman–Crippen LogP) is 4.67. The second-order valence-corrected chi connectivity index (χ2v) is 12.1. The van der Waals surface area contributed by atoms with Crippen LogP contribution in [0.25, 0.3) is 21.9 Å². The fourth-order valence-electron chi connectivity index (χ4n) is 5.71. The molecule has 1 saturated heterocycles. The van der Waals surface area contributed by atoms with Crippen molar-refractivity contribution >= 4 is 43.6 Å². The zero-order valence-electron chi connectivity index (χ0n) is 22.0. The first-order valence-corrected chi connectivity index (χ1v) is 14.8. The molecular weight excluding hydrogens is 529 g/mol. The van der Waals surface area contributed by atoms with Gasteiger partial charge in [0.2, 0.25) is 0 Å². The molecular formula is C30H28FN5O3S. The number of fused-ring (bicyclic) bond motifs is 4. The van der Waals surface area contributed by atoms with Gasteiger partial charge in [0.05, 0.1) is 34.7 Å². The van der Waals surface area contributed by atoms with E-state index in [2.05, 4.69) is 9.80 Å². The second kappa shape index (κ2) is 9.57. The molecule has 7 rings (SSSR count). The maximum Gasteiger partial charge on any atom is 0.268 e. The third-order valence-corrected chi connectivity index (χ3v) is 9.56. The van der Waals surface area contributed by atoms with E-state index < -0.39 is 15.8 Å². The molecule has 2 aliphatic rings. The number of aromatic nitrogens is 3. The smallest absolute Gasteiger partial charge is 0.268 e.